The van der Waals surface area contributed by atoms with E-state index in [4.69, 9.17) is 5.41 Å². The van der Waals surface area contributed by atoms with Crippen molar-refractivity contribution in [3.63, 3.8) is 0 Å². The van der Waals surface area contributed by atoms with Gasteiger partial charge in [0.15, 0.2) is 17.0 Å². The highest BCUT2D eigenvalue weighted by Gasteiger charge is 2.39. The predicted octanol–water partition coefficient (Wildman–Crippen LogP) is 0.147. The number of aromatic amines is 1. The molecule has 2 aliphatic rings. The highest BCUT2D eigenvalue weighted by Crippen LogP contribution is 2.19. The van der Waals surface area contributed by atoms with Crippen LogP contribution < -0.4 is 5.32 Å². The lowest BCUT2D eigenvalue weighted by Gasteiger charge is -2.20. The molecule has 2 aliphatic heterocycles. The first-order valence-corrected chi connectivity index (χ1v) is 5.79. The third-order valence-corrected chi connectivity index (χ3v) is 2.92. The zero-order valence-electron chi connectivity index (χ0n) is 10.6. The molecule has 0 saturated heterocycles. The fourth-order valence-corrected chi connectivity index (χ4v) is 1.72. The van der Waals surface area contributed by atoms with E-state index in [-0.39, 0.29) is 5.84 Å². The number of aliphatic imine (C=N–C) groups is 3. The lowest BCUT2D eigenvalue weighted by atomic mass is 10.0. The van der Waals surface area contributed by atoms with Crippen molar-refractivity contribution in [2.24, 2.45) is 15.0 Å². The van der Waals surface area contributed by atoms with Gasteiger partial charge >= 0.3 is 0 Å². The second-order valence-electron chi connectivity index (χ2n) is 4.21. The average molecular weight is 269 g/mol. The molecule has 3 N–H and O–H groups in total. The number of fused-ring (bicyclic) bond motifs is 2. The van der Waals surface area contributed by atoms with Gasteiger partial charge in [0.05, 0.1) is 18.9 Å². The number of rotatable bonds is 0. The van der Waals surface area contributed by atoms with Crippen molar-refractivity contribution in [1.29, 1.82) is 5.41 Å². The van der Waals surface area contributed by atoms with Gasteiger partial charge in [0, 0.05) is 0 Å². The molecular weight excluding hydrogens is 258 g/mol. The third kappa shape index (κ3) is 1.94. The molecule has 0 aromatic carbocycles. The van der Waals surface area contributed by atoms with Crippen molar-refractivity contribution < 1.29 is 0 Å². The van der Waals surface area contributed by atoms with E-state index in [9.17, 15) is 0 Å². The largest absolute Gasteiger partial charge is 0.342 e. The Morgan fingerprint density at radius 2 is 2.20 bits per heavy atom. The Labute approximate surface area is 113 Å². The number of hydrogen-bond acceptors (Lipinski definition) is 7. The standard InChI is InChI=1S/C6H7N5.C5H4N4/c1-6-4(7)8-2-9-5(6)10-3-11-6;1-4-5(8-2-6-1)9-3-7-4/h2-3H,1H3,(H2,7,8,9,10,11);1-3H,(H,6,7,8,9). The van der Waals surface area contributed by atoms with Gasteiger partial charge in [-0.05, 0) is 6.92 Å². The normalized spacial score (nSPS) is 22.9. The summed E-state index contributed by atoms with van der Waals surface area (Å²) in [6.45, 7) is 1.81. The Morgan fingerprint density at radius 3 is 3.00 bits per heavy atom. The van der Waals surface area contributed by atoms with Gasteiger partial charge < -0.3 is 10.3 Å². The quantitative estimate of drug-likeness (QED) is 0.628. The molecule has 1 atom stereocenters. The summed E-state index contributed by atoms with van der Waals surface area (Å²) in [6, 6.07) is 0. The Balaban J connectivity index is 0.000000123. The van der Waals surface area contributed by atoms with Crippen molar-refractivity contribution in [2.45, 2.75) is 12.5 Å². The molecule has 2 aromatic rings. The fraction of sp³-hybridized carbons (Fsp3) is 0.182. The maximum Gasteiger partial charge on any atom is 0.180 e. The van der Waals surface area contributed by atoms with Gasteiger partial charge in [0.25, 0.3) is 0 Å². The van der Waals surface area contributed by atoms with Crippen LogP contribution in [-0.4, -0.2) is 49.8 Å². The van der Waals surface area contributed by atoms with Crippen LogP contribution in [0.5, 0.6) is 0 Å². The zero-order valence-corrected chi connectivity index (χ0v) is 10.6. The van der Waals surface area contributed by atoms with E-state index in [0.717, 1.165) is 5.52 Å². The fourth-order valence-electron chi connectivity index (χ4n) is 1.72. The van der Waals surface area contributed by atoms with Crippen LogP contribution >= 0.6 is 0 Å². The SMILES string of the molecule is CC12N=CNC1=NC=NC2=N.c1ncc2[nH]cnc2n1. The van der Waals surface area contributed by atoms with Crippen LogP contribution in [0.25, 0.3) is 11.2 Å². The summed E-state index contributed by atoms with van der Waals surface area (Å²) in [5, 5.41) is 10.3. The van der Waals surface area contributed by atoms with Crippen LogP contribution in [-0.2, 0) is 0 Å². The minimum Gasteiger partial charge on any atom is -0.342 e. The van der Waals surface area contributed by atoms with Crippen molar-refractivity contribution in [2.75, 3.05) is 0 Å². The van der Waals surface area contributed by atoms with Crippen LogP contribution in [0.4, 0.5) is 0 Å². The summed E-state index contributed by atoms with van der Waals surface area (Å²) in [5.41, 5.74) is 0.928. The Hall–Kier alpha value is -2.97. The first-order chi connectivity index (χ1) is 9.70. The number of amidine groups is 2. The van der Waals surface area contributed by atoms with Crippen LogP contribution in [0.1, 0.15) is 6.92 Å². The van der Waals surface area contributed by atoms with Gasteiger partial charge in [-0.15, -0.1) is 0 Å². The van der Waals surface area contributed by atoms with Crippen molar-refractivity contribution in [1.82, 2.24) is 25.3 Å². The first kappa shape index (κ1) is 12.1. The van der Waals surface area contributed by atoms with Gasteiger partial charge in [-0.25, -0.2) is 24.9 Å². The second-order valence-corrected chi connectivity index (χ2v) is 4.21. The van der Waals surface area contributed by atoms with E-state index in [2.05, 4.69) is 40.2 Å². The number of imidazole rings is 1. The summed E-state index contributed by atoms with van der Waals surface area (Å²) in [4.78, 5) is 26.3. The number of hydrogen-bond donors (Lipinski definition) is 3. The predicted molar refractivity (Wildman–Crippen MR) is 75.4 cm³/mol. The molecular formula is C11H11N9. The van der Waals surface area contributed by atoms with Crippen LogP contribution in [0, 0.1) is 5.41 Å². The van der Waals surface area contributed by atoms with Gasteiger partial charge in [-0.1, -0.05) is 0 Å². The van der Waals surface area contributed by atoms with E-state index in [1.807, 2.05) is 0 Å². The number of aromatic nitrogens is 4. The molecule has 9 heteroatoms. The maximum absolute atomic E-state index is 7.48. The lowest BCUT2D eigenvalue weighted by Crippen LogP contribution is -2.44. The molecule has 0 spiro atoms. The van der Waals surface area contributed by atoms with Gasteiger partial charge in [0.1, 0.15) is 24.0 Å². The van der Waals surface area contributed by atoms with Crippen molar-refractivity contribution >= 4 is 35.5 Å². The molecule has 0 aliphatic carbocycles. The maximum atomic E-state index is 7.48. The van der Waals surface area contributed by atoms with E-state index < -0.39 is 5.54 Å². The summed E-state index contributed by atoms with van der Waals surface area (Å²) in [7, 11) is 0. The number of nitrogens with zero attached hydrogens (tertiary/aromatic N) is 6. The topological polar surface area (TPSA) is 127 Å². The Kier molecular flexibility index (Phi) is 2.78. The van der Waals surface area contributed by atoms with Gasteiger partial charge in [-0.3, -0.25) is 10.4 Å². The highest BCUT2D eigenvalue weighted by atomic mass is 15.2. The molecule has 4 heterocycles. The summed E-state index contributed by atoms with van der Waals surface area (Å²) in [5.74, 6) is 0.904. The van der Waals surface area contributed by atoms with Gasteiger partial charge in [0.2, 0.25) is 0 Å². The molecule has 0 amide bonds. The molecule has 9 nitrogen and oxygen atoms in total. The molecule has 0 fully saturated rings. The van der Waals surface area contributed by atoms with Crippen molar-refractivity contribution in [3.8, 4) is 0 Å². The molecule has 20 heavy (non-hydrogen) atoms. The second kappa shape index (κ2) is 4.61. The molecule has 0 saturated carbocycles. The van der Waals surface area contributed by atoms with Crippen LogP contribution in [0.15, 0.2) is 33.8 Å². The molecule has 2 aromatic heterocycles. The van der Waals surface area contributed by atoms with E-state index in [1.54, 1.807) is 25.8 Å². The summed E-state index contributed by atoms with van der Waals surface area (Å²) in [6.07, 6.45) is 7.67. The number of nitrogens with one attached hydrogen (secondary N) is 3. The third-order valence-electron chi connectivity index (χ3n) is 2.92. The minimum atomic E-state index is -0.658. The van der Waals surface area contributed by atoms with E-state index in [1.165, 1.54) is 12.7 Å². The summed E-state index contributed by atoms with van der Waals surface area (Å²) >= 11 is 0. The van der Waals surface area contributed by atoms with E-state index in [0.29, 0.717) is 11.5 Å². The molecule has 0 radical (unpaired) electrons. The lowest BCUT2D eigenvalue weighted by molar-refractivity contribution is 0.824. The van der Waals surface area contributed by atoms with Crippen LogP contribution in [0.2, 0.25) is 0 Å². The highest BCUT2D eigenvalue weighted by molar-refractivity contribution is 6.23. The minimum absolute atomic E-state index is 0.226. The first-order valence-electron chi connectivity index (χ1n) is 5.79. The van der Waals surface area contributed by atoms with Gasteiger partial charge in [-0.2, -0.15) is 0 Å². The number of H-pyrrole nitrogens is 1. The smallest absolute Gasteiger partial charge is 0.180 e. The Bertz CT molecular complexity index is 711. The zero-order chi connectivity index (χ0) is 14.0. The molecule has 4 rings (SSSR count). The average Bonchev–Trinajstić information content (AvgIpc) is 3.07. The van der Waals surface area contributed by atoms with Crippen molar-refractivity contribution in [3.05, 3.63) is 18.9 Å². The molecule has 1 unspecified atom stereocenters. The van der Waals surface area contributed by atoms with E-state index >= 15 is 0 Å². The monoisotopic (exact) mass is 269 g/mol. The molecule has 100 valence electrons. The van der Waals surface area contributed by atoms with Crippen LogP contribution in [0.3, 0.4) is 0 Å². The molecule has 0 bridgehead atoms. The Morgan fingerprint density at radius 1 is 1.30 bits per heavy atom. The summed E-state index contributed by atoms with van der Waals surface area (Å²) < 4.78 is 0.